The molecule has 1 saturated heterocycles. The molecule has 2 rings (SSSR count). The van der Waals surface area contributed by atoms with E-state index in [1.54, 1.807) is 0 Å². The zero-order valence-electron chi connectivity index (χ0n) is 12.2. The molecule has 1 N–H and O–H groups in total. The van der Waals surface area contributed by atoms with Gasteiger partial charge in [-0.25, -0.2) is 0 Å². The first-order chi connectivity index (χ1) is 10.4. The predicted octanol–water partition coefficient (Wildman–Crippen LogP) is 0.421. The molecule has 1 aromatic carbocycles. The molecule has 1 aliphatic rings. The van der Waals surface area contributed by atoms with Gasteiger partial charge in [0.05, 0.1) is 7.11 Å². The first kappa shape index (κ1) is 17.4. The molecule has 0 bridgehead atoms. The fourth-order valence-corrected chi connectivity index (χ4v) is 3.64. The molecule has 7 nitrogen and oxygen atoms in total. The van der Waals surface area contributed by atoms with Crippen LogP contribution in [0, 0.1) is 3.57 Å². The maximum absolute atomic E-state index is 12.1. The van der Waals surface area contributed by atoms with Crippen molar-refractivity contribution in [2.24, 2.45) is 0 Å². The summed E-state index contributed by atoms with van der Waals surface area (Å²) in [6.45, 7) is 1.63. The normalized spacial score (nSPS) is 16.5. The van der Waals surface area contributed by atoms with Gasteiger partial charge in [-0.15, -0.1) is 0 Å². The number of carbonyl (C=O) groups excluding carboxylic acids is 1. The van der Waals surface area contributed by atoms with Gasteiger partial charge in [0, 0.05) is 35.4 Å². The Morgan fingerprint density at radius 2 is 1.82 bits per heavy atom. The Morgan fingerprint density at radius 1 is 1.23 bits per heavy atom. The number of piperazine rings is 1. The zero-order chi connectivity index (χ0) is 16.2. The van der Waals surface area contributed by atoms with Gasteiger partial charge < -0.3 is 9.64 Å². The Hall–Kier alpha value is -0.910. The Kier molecular flexibility index (Phi) is 6.01. The topological polar surface area (TPSA) is 78.9 Å². The summed E-state index contributed by atoms with van der Waals surface area (Å²) in [6.07, 6.45) is 0. The number of anilines is 1. The molecule has 1 heterocycles. The molecule has 9 heteroatoms. The minimum absolute atomic E-state index is 0.351. The highest BCUT2D eigenvalue weighted by molar-refractivity contribution is 14.1. The standard InChI is InChI=1S/C13H18IN3O4S/c1-21-13(18)10-15-22(19,20)17-8-6-16(7-9-17)12-4-2-11(14)3-5-12/h2-5,15H,6-10H2,1H3. The molecule has 1 fully saturated rings. The third-order valence-corrected chi connectivity index (χ3v) is 5.67. The molecule has 0 aliphatic carbocycles. The number of hydrogen-bond acceptors (Lipinski definition) is 5. The summed E-state index contributed by atoms with van der Waals surface area (Å²) in [5.41, 5.74) is 1.08. The van der Waals surface area contributed by atoms with E-state index < -0.39 is 16.2 Å². The minimum Gasteiger partial charge on any atom is -0.468 e. The van der Waals surface area contributed by atoms with Crippen molar-refractivity contribution in [3.63, 3.8) is 0 Å². The zero-order valence-corrected chi connectivity index (χ0v) is 15.1. The number of carbonyl (C=O) groups is 1. The molecule has 122 valence electrons. The number of benzene rings is 1. The van der Waals surface area contributed by atoms with Crippen LogP contribution >= 0.6 is 22.6 Å². The molecule has 1 aliphatic heterocycles. The van der Waals surface area contributed by atoms with E-state index in [-0.39, 0.29) is 6.54 Å². The lowest BCUT2D eigenvalue weighted by Crippen LogP contribution is -2.52. The molecule has 1 aromatic rings. The molecule has 0 unspecified atom stereocenters. The van der Waals surface area contributed by atoms with Gasteiger partial charge in [-0.2, -0.15) is 17.4 Å². The van der Waals surface area contributed by atoms with E-state index in [1.165, 1.54) is 11.4 Å². The van der Waals surface area contributed by atoms with Crippen molar-refractivity contribution in [1.82, 2.24) is 9.03 Å². The number of rotatable bonds is 5. The largest absolute Gasteiger partial charge is 0.468 e. The molecular weight excluding hydrogens is 421 g/mol. The number of ether oxygens (including phenoxy) is 1. The molecule has 0 aromatic heterocycles. The monoisotopic (exact) mass is 439 g/mol. The predicted molar refractivity (Wildman–Crippen MR) is 91.9 cm³/mol. The van der Waals surface area contributed by atoms with Crippen LogP contribution in [0.3, 0.4) is 0 Å². The van der Waals surface area contributed by atoms with Crippen LogP contribution in [0.2, 0.25) is 0 Å². The number of methoxy groups -OCH3 is 1. The van der Waals surface area contributed by atoms with Crippen LogP contribution in [0.25, 0.3) is 0 Å². The molecule has 0 spiro atoms. The maximum Gasteiger partial charge on any atom is 0.320 e. The van der Waals surface area contributed by atoms with Crippen molar-refractivity contribution in [1.29, 1.82) is 0 Å². The van der Waals surface area contributed by atoms with Crippen LogP contribution in [0.4, 0.5) is 5.69 Å². The fourth-order valence-electron chi connectivity index (χ4n) is 2.15. The van der Waals surface area contributed by atoms with E-state index in [0.29, 0.717) is 26.2 Å². The lowest BCUT2D eigenvalue weighted by molar-refractivity contribution is -0.139. The average molecular weight is 439 g/mol. The molecular formula is C13H18IN3O4S. The van der Waals surface area contributed by atoms with Crippen LogP contribution < -0.4 is 9.62 Å². The smallest absolute Gasteiger partial charge is 0.320 e. The average Bonchev–Trinajstić information content (AvgIpc) is 2.53. The lowest BCUT2D eigenvalue weighted by Gasteiger charge is -2.35. The summed E-state index contributed by atoms with van der Waals surface area (Å²) in [7, 11) is -2.43. The van der Waals surface area contributed by atoms with Crippen molar-refractivity contribution >= 4 is 44.5 Å². The number of halogens is 1. The highest BCUT2D eigenvalue weighted by atomic mass is 127. The van der Waals surface area contributed by atoms with Gasteiger partial charge in [0.25, 0.3) is 10.2 Å². The quantitative estimate of drug-likeness (QED) is 0.532. The van der Waals surface area contributed by atoms with Crippen molar-refractivity contribution in [3.05, 3.63) is 27.8 Å². The maximum atomic E-state index is 12.1. The lowest BCUT2D eigenvalue weighted by atomic mass is 10.2. The first-order valence-corrected chi connectivity index (χ1v) is 9.26. The van der Waals surface area contributed by atoms with Crippen molar-refractivity contribution in [2.45, 2.75) is 0 Å². The van der Waals surface area contributed by atoms with Crippen LogP contribution in [-0.4, -0.2) is 58.5 Å². The van der Waals surface area contributed by atoms with Crippen LogP contribution in [0.1, 0.15) is 0 Å². The highest BCUT2D eigenvalue weighted by Gasteiger charge is 2.27. The molecule has 0 amide bonds. The van der Waals surface area contributed by atoms with Crippen LogP contribution in [-0.2, 0) is 19.7 Å². The second kappa shape index (κ2) is 7.57. The Labute approximate surface area is 143 Å². The van der Waals surface area contributed by atoms with Crippen LogP contribution in [0.15, 0.2) is 24.3 Å². The minimum atomic E-state index is -3.65. The van der Waals surface area contributed by atoms with Gasteiger partial charge in [0.2, 0.25) is 0 Å². The fraction of sp³-hybridized carbons (Fsp3) is 0.462. The summed E-state index contributed by atoms with van der Waals surface area (Å²) in [5.74, 6) is -0.610. The Morgan fingerprint density at radius 3 is 2.36 bits per heavy atom. The Bertz CT molecular complexity index is 613. The molecule has 0 atom stereocenters. The van der Waals surface area contributed by atoms with Gasteiger partial charge >= 0.3 is 5.97 Å². The van der Waals surface area contributed by atoms with E-state index >= 15 is 0 Å². The second-order valence-corrected chi connectivity index (χ2v) is 7.77. The summed E-state index contributed by atoms with van der Waals surface area (Å²) < 4.78 is 33.3. The summed E-state index contributed by atoms with van der Waals surface area (Å²) in [4.78, 5) is 13.2. The summed E-state index contributed by atoms with van der Waals surface area (Å²) in [5, 5.41) is 0. The van der Waals surface area contributed by atoms with Crippen molar-refractivity contribution < 1.29 is 17.9 Å². The molecule has 0 saturated carbocycles. The molecule has 22 heavy (non-hydrogen) atoms. The SMILES string of the molecule is COC(=O)CNS(=O)(=O)N1CCN(c2ccc(I)cc2)CC1. The summed E-state index contributed by atoms with van der Waals surface area (Å²) >= 11 is 2.25. The number of esters is 1. The van der Waals surface area contributed by atoms with E-state index in [1.807, 2.05) is 24.3 Å². The van der Waals surface area contributed by atoms with Crippen molar-refractivity contribution in [2.75, 3.05) is 44.7 Å². The second-order valence-electron chi connectivity index (χ2n) is 4.76. The van der Waals surface area contributed by atoms with E-state index in [0.717, 1.165) is 9.26 Å². The van der Waals surface area contributed by atoms with Gasteiger partial charge in [0.15, 0.2) is 0 Å². The van der Waals surface area contributed by atoms with Gasteiger partial charge in [-0.1, -0.05) is 0 Å². The number of nitrogens with one attached hydrogen (secondary N) is 1. The first-order valence-electron chi connectivity index (χ1n) is 6.74. The van der Waals surface area contributed by atoms with Crippen LogP contribution in [0.5, 0.6) is 0 Å². The van der Waals surface area contributed by atoms with Gasteiger partial charge in [0.1, 0.15) is 6.54 Å². The van der Waals surface area contributed by atoms with Gasteiger partial charge in [-0.05, 0) is 46.9 Å². The third-order valence-electron chi connectivity index (χ3n) is 3.40. The van der Waals surface area contributed by atoms with Gasteiger partial charge in [-0.3, -0.25) is 4.79 Å². The van der Waals surface area contributed by atoms with Crippen molar-refractivity contribution in [3.8, 4) is 0 Å². The van der Waals surface area contributed by atoms with E-state index in [9.17, 15) is 13.2 Å². The molecule has 0 radical (unpaired) electrons. The number of hydrogen-bond donors (Lipinski definition) is 1. The van der Waals surface area contributed by atoms with E-state index in [4.69, 9.17) is 0 Å². The third kappa shape index (κ3) is 4.54. The Balaban J connectivity index is 1.91. The van der Waals surface area contributed by atoms with E-state index in [2.05, 4.69) is 36.9 Å². The number of nitrogens with zero attached hydrogens (tertiary/aromatic N) is 2. The summed E-state index contributed by atoms with van der Waals surface area (Å²) in [6, 6.07) is 8.11. The highest BCUT2D eigenvalue weighted by Crippen LogP contribution is 2.18.